The van der Waals surface area contributed by atoms with Gasteiger partial charge in [0.1, 0.15) is 5.69 Å². The molecule has 0 radical (unpaired) electrons. The average molecular weight is 370 g/mol. The van der Waals surface area contributed by atoms with Crippen molar-refractivity contribution in [2.45, 2.75) is 54.0 Å². The van der Waals surface area contributed by atoms with Gasteiger partial charge in [0.25, 0.3) is 5.91 Å². The van der Waals surface area contributed by atoms with Gasteiger partial charge < -0.3 is 15.5 Å². The van der Waals surface area contributed by atoms with E-state index in [-0.39, 0.29) is 11.9 Å². The Morgan fingerprint density at radius 1 is 1.11 bits per heavy atom. The molecular weight excluding hydrogens is 338 g/mol. The van der Waals surface area contributed by atoms with Crippen LogP contribution in [0.1, 0.15) is 55.9 Å². The molecule has 6 nitrogen and oxygen atoms in total. The fraction of sp³-hybridized carbons (Fsp3) is 0.476. The van der Waals surface area contributed by atoms with Gasteiger partial charge in [-0.25, -0.2) is 9.97 Å². The number of nitrogens with one attached hydrogen (secondary N) is 2. The zero-order chi connectivity index (χ0) is 20.0. The van der Waals surface area contributed by atoms with Gasteiger partial charge in [-0.15, -0.1) is 0 Å². The van der Waals surface area contributed by atoms with Crippen LogP contribution in [-0.2, 0) is 0 Å². The third-order valence-electron chi connectivity index (χ3n) is 4.66. The van der Waals surface area contributed by atoms with Gasteiger partial charge >= 0.3 is 0 Å². The first-order valence-electron chi connectivity index (χ1n) is 9.67. The van der Waals surface area contributed by atoms with E-state index in [1.807, 2.05) is 26.0 Å². The number of benzene rings is 1. The number of carbonyl (C=O) groups is 1. The van der Waals surface area contributed by atoms with Crippen molar-refractivity contribution in [2.75, 3.05) is 28.6 Å². The summed E-state index contributed by atoms with van der Waals surface area (Å²) in [6.45, 7) is 14.2. The normalized spacial score (nSPS) is 11.8. The highest BCUT2D eigenvalue weighted by Gasteiger charge is 2.14. The summed E-state index contributed by atoms with van der Waals surface area (Å²) < 4.78 is 0. The Morgan fingerprint density at radius 3 is 2.41 bits per heavy atom. The van der Waals surface area contributed by atoms with Gasteiger partial charge in [-0.1, -0.05) is 6.92 Å². The molecule has 0 saturated carbocycles. The highest BCUT2D eigenvalue weighted by atomic mass is 16.1. The molecule has 1 amide bonds. The SMILES string of the molecule is CCC(C)Nc1nc(C)cc(C(=O)Nc2ccc(N(CC)CC)cc2C)n1. The van der Waals surface area contributed by atoms with Crippen molar-refractivity contribution in [1.82, 2.24) is 9.97 Å². The molecule has 2 N–H and O–H groups in total. The molecule has 1 unspecified atom stereocenters. The van der Waals surface area contributed by atoms with Crippen LogP contribution >= 0.6 is 0 Å². The zero-order valence-electron chi connectivity index (χ0n) is 17.3. The Hall–Kier alpha value is -2.63. The predicted molar refractivity (Wildman–Crippen MR) is 113 cm³/mol. The molecule has 0 spiro atoms. The highest BCUT2D eigenvalue weighted by Crippen LogP contribution is 2.23. The fourth-order valence-corrected chi connectivity index (χ4v) is 2.83. The largest absolute Gasteiger partial charge is 0.372 e. The van der Waals surface area contributed by atoms with Crippen molar-refractivity contribution in [3.05, 3.63) is 41.2 Å². The lowest BCUT2D eigenvalue weighted by Gasteiger charge is -2.22. The lowest BCUT2D eigenvalue weighted by molar-refractivity contribution is 0.102. The number of amides is 1. The molecule has 0 aliphatic heterocycles. The van der Waals surface area contributed by atoms with Gasteiger partial charge in [-0.3, -0.25) is 4.79 Å². The van der Waals surface area contributed by atoms with Crippen LogP contribution in [0.5, 0.6) is 0 Å². The average Bonchev–Trinajstić information content (AvgIpc) is 2.64. The van der Waals surface area contributed by atoms with Crippen molar-refractivity contribution >= 4 is 23.2 Å². The summed E-state index contributed by atoms with van der Waals surface area (Å²) in [5, 5.41) is 6.20. The molecule has 0 aliphatic rings. The number of hydrogen-bond donors (Lipinski definition) is 2. The van der Waals surface area contributed by atoms with E-state index in [0.29, 0.717) is 11.6 Å². The summed E-state index contributed by atoms with van der Waals surface area (Å²) in [6.07, 6.45) is 0.955. The number of nitrogens with zero attached hydrogens (tertiary/aromatic N) is 3. The molecule has 2 aromatic rings. The number of hydrogen-bond acceptors (Lipinski definition) is 5. The maximum atomic E-state index is 12.7. The van der Waals surface area contributed by atoms with E-state index in [2.05, 4.69) is 59.3 Å². The van der Waals surface area contributed by atoms with E-state index < -0.39 is 0 Å². The lowest BCUT2D eigenvalue weighted by atomic mass is 10.1. The summed E-state index contributed by atoms with van der Waals surface area (Å²) in [5.74, 6) is 0.259. The predicted octanol–water partition coefficient (Wildman–Crippen LogP) is 4.40. The highest BCUT2D eigenvalue weighted by molar-refractivity contribution is 6.03. The molecular formula is C21H31N5O. The molecule has 2 rings (SSSR count). The van der Waals surface area contributed by atoms with Gasteiger partial charge in [0.15, 0.2) is 0 Å². The van der Waals surface area contributed by atoms with Gasteiger partial charge in [0.05, 0.1) is 0 Å². The van der Waals surface area contributed by atoms with E-state index in [9.17, 15) is 4.79 Å². The molecule has 1 heterocycles. The molecule has 0 bridgehead atoms. The maximum absolute atomic E-state index is 12.7. The van der Waals surface area contributed by atoms with Gasteiger partial charge in [-0.2, -0.15) is 0 Å². The van der Waals surface area contributed by atoms with E-state index >= 15 is 0 Å². The molecule has 0 saturated heterocycles. The molecule has 0 aliphatic carbocycles. The van der Waals surface area contributed by atoms with Gasteiger partial charge in [0.2, 0.25) is 5.95 Å². The first-order valence-corrected chi connectivity index (χ1v) is 9.67. The van der Waals surface area contributed by atoms with Crippen LogP contribution in [0.3, 0.4) is 0 Å². The second-order valence-corrected chi connectivity index (χ2v) is 6.80. The monoisotopic (exact) mass is 369 g/mol. The Kier molecular flexibility index (Phi) is 7.16. The quantitative estimate of drug-likeness (QED) is 0.721. The van der Waals surface area contributed by atoms with E-state index in [1.165, 1.54) is 0 Å². The summed E-state index contributed by atoms with van der Waals surface area (Å²) in [4.78, 5) is 23.7. The maximum Gasteiger partial charge on any atom is 0.274 e. The van der Waals surface area contributed by atoms with Crippen molar-refractivity contribution in [3.8, 4) is 0 Å². The third kappa shape index (κ3) is 5.42. The standard InChI is InChI=1S/C21H31N5O/c1-7-15(5)22-21-23-16(6)13-19(25-21)20(27)24-18-11-10-17(12-14(18)4)26(8-2)9-3/h10-13,15H,7-9H2,1-6H3,(H,24,27)(H,22,23,25). The minimum Gasteiger partial charge on any atom is -0.372 e. The van der Waals surface area contributed by atoms with E-state index in [4.69, 9.17) is 0 Å². The first-order chi connectivity index (χ1) is 12.9. The minimum atomic E-state index is -0.230. The van der Waals surface area contributed by atoms with E-state index in [0.717, 1.165) is 42.1 Å². The fourth-order valence-electron chi connectivity index (χ4n) is 2.83. The summed E-state index contributed by atoms with van der Waals surface area (Å²) in [6, 6.07) is 8.04. The van der Waals surface area contributed by atoms with Crippen LogP contribution in [0.4, 0.5) is 17.3 Å². The minimum absolute atomic E-state index is 0.230. The first kappa shape index (κ1) is 20.7. The second kappa shape index (κ2) is 9.35. The van der Waals surface area contributed by atoms with Crippen LogP contribution in [0, 0.1) is 13.8 Å². The molecule has 1 aromatic carbocycles. The Bertz CT molecular complexity index is 786. The molecule has 1 aromatic heterocycles. The van der Waals surface area contributed by atoms with Gasteiger partial charge in [-0.05, 0) is 70.9 Å². The van der Waals surface area contributed by atoms with Crippen LogP contribution in [-0.4, -0.2) is 35.0 Å². The Labute approximate surface area is 162 Å². The van der Waals surface area contributed by atoms with Crippen molar-refractivity contribution in [2.24, 2.45) is 0 Å². The second-order valence-electron chi connectivity index (χ2n) is 6.80. The number of aromatic nitrogens is 2. The molecule has 0 fully saturated rings. The third-order valence-corrected chi connectivity index (χ3v) is 4.66. The van der Waals surface area contributed by atoms with Crippen LogP contribution in [0.2, 0.25) is 0 Å². The molecule has 6 heteroatoms. The lowest BCUT2D eigenvalue weighted by Crippen LogP contribution is -2.22. The van der Waals surface area contributed by atoms with E-state index in [1.54, 1.807) is 6.07 Å². The molecule has 146 valence electrons. The van der Waals surface area contributed by atoms with Crippen LogP contribution < -0.4 is 15.5 Å². The van der Waals surface area contributed by atoms with Crippen molar-refractivity contribution in [3.63, 3.8) is 0 Å². The summed E-state index contributed by atoms with van der Waals surface area (Å²) in [7, 11) is 0. The number of aryl methyl sites for hydroxylation is 2. The topological polar surface area (TPSA) is 70.2 Å². The number of carbonyl (C=O) groups excluding carboxylic acids is 1. The molecule has 1 atom stereocenters. The summed E-state index contributed by atoms with van der Waals surface area (Å²) >= 11 is 0. The Balaban J connectivity index is 2.19. The van der Waals surface area contributed by atoms with Crippen LogP contribution in [0.25, 0.3) is 0 Å². The molecule has 27 heavy (non-hydrogen) atoms. The number of anilines is 3. The Morgan fingerprint density at radius 2 is 1.81 bits per heavy atom. The number of rotatable bonds is 8. The van der Waals surface area contributed by atoms with Crippen LogP contribution in [0.15, 0.2) is 24.3 Å². The zero-order valence-corrected chi connectivity index (χ0v) is 17.3. The smallest absolute Gasteiger partial charge is 0.274 e. The summed E-state index contributed by atoms with van der Waals surface area (Å²) in [5.41, 5.74) is 4.10. The van der Waals surface area contributed by atoms with Gasteiger partial charge in [0, 0.05) is 36.2 Å². The van der Waals surface area contributed by atoms with Crippen molar-refractivity contribution < 1.29 is 4.79 Å². The van der Waals surface area contributed by atoms with Crippen molar-refractivity contribution in [1.29, 1.82) is 0 Å².